The summed E-state index contributed by atoms with van der Waals surface area (Å²) in [6.07, 6.45) is 1.74. The van der Waals surface area contributed by atoms with Crippen molar-refractivity contribution in [3.05, 3.63) is 34.3 Å². The van der Waals surface area contributed by atoms with Gasteiger partial charge in [-0.25, -0.2) is 4.79 Å². The Hall–Kier alpha value is -1.82. The third-order valence-electron chi connectivity index (χ3n) is 2.12. The molecular formula is C12H11BrO5. The zero-order chi connectivity index (χ0) is 13.7. The quantitative estimate of drug-likeness (QED) is 0.667. The normalized spacial score (nSPS) is 10.4. The average molecular weight is 315 g/mol. The van der Waals surface area contributed by atoms with Crippen molar-refractivity contribution >= 4 is 27.7 Å². The van der Waals surface area contributed by atoms with E-state index in [2.05, 4.69) is 15.9 Å². The van der Waals surface area contributed by atoms with E-state index in [1.54, 1.807) is 6.07 Å². The van der Waals surface area contributed by atoms with Gasteiger partial charge >= 0.3 is 5.97 Å². The number of ketones is 1. The van der Waals surface area contributed by atoms with Gasteiger partial charge in [-0.3, -0.25) is 4.79 Å². The summed E-state index contributed by atoms with van der Waals surface area (Å²) < 4.78 is 10.8. The van der Waals surface area contributed by atoms with Crippen LogP contribution < -0.4 is 9.47 Å². The molecule has 0 fully saturated rings. The first-order valence-corrected chi connectivity index (χ1v) is 5.65. The van der Waals surface area contributed by atoms with E-state index in [0.717, 1.165) is 12.2 Å². The van der Waals surface area contributed by atoms with Gasteiger partial charge in [0.2, 0.25) is 0 Å². The second kappa shape index (κ2) is 6.20. The molecule has 0 radical (unpaired) electrons. The van der Waals surface area contributed by atoms with Crippen LogP contribution in [0.3, 0.4) is 0 Å². The lowest BCUT2D eigenvalue weighted by Crippen LogP contribution is -2.01. The number of carboxylic acid groups (broad SMARTS) is 1. The van der Waals surface area contributed by atoms with Crippen molar-refractivity contribution in [3.63, 3.8) is 0 Å². The maximum atomic E-state index is 11.8. The molecule has 0 heterocycles. The lowest BCUT2D eigenvalue weighted by atomic mass is 10.1. The molecule has 0 bridgehead atoms. The first-order valence-electron chi connectivity index (χ1n) is 4.86. The Labute approximate surface area is 112 Å². The van der Waals surface area contributed by atoms with Gasteiger partial charge in [-0.1, -0.05) is 0 Å². The molecule has 0 aliphatic heterocycles. The zero-order valence-corrected chi connectivity index (χ0v) is 11.4. The SMILES string of the molecule is COc1cc(C(=O)/C=C/C(=O)O)c(OC)cc1Br. The van der Waals surface area contributed by atoms with Crippen molar-refractivity contribution < 1.29 is 24.2 Å². The number of hydrogen-bond donors (Lipinski definition) is 1. The summed E-state index contributed by atoms with van der Waals surface area (Å²) in [5, 5.41) is 8.48. The second-order valence-electron chi connectivity index (χ2n) is 3.22. The summed E-state index contributed by atoms with van der Waals surface area (Å²) in [6, 6.07) is 3.07. The Morgan fingerprint density at radius 3 is 2.28 bits per heavy atom. The van der Waals surface area contributed by atoms with Crippen LogP contribution >= 0.6 is 15.9 Å². The molecule has 0 aliphatic carbocycles. The van der Waals surface area contributed by atoms with Gasteiger partial charge in [0.05, 0.1) is 24.3 Å². The van der Waals surface area contributed by atoms with Crippen molar-refractivity contribution in [2.24, 2.45) is 0 Å². The lowest BCUT2D eigenvalue weighted by molar-refractivity contribution is -0.131. The molecule has 0 saturated heterocycles. The van der Waals surface area contributed by atoms with Gasteiger partial charge < -0.3 is 14.6 Å². The number of aliphatic carboxylic acids is 1. The van der Waals surface area contributed by atoms with E-state index in [-0.39, 0.29) is 5.56 Å². The highest BCUT2D eigenvalue weighted by Gasteiger charge is 2.14. The monoisotopic (exact) mass is 314 g/mol. The second-order valence-corrected chi connectivity index (χ2v) is 4.08. The third-order valence-corrected chi connectivity index (χ3v) is 2.74. The minimum atomic E-state index is -1.19. The first kappa shape index (κ1) is 14.2. The van der Waals surface area contributed by atoms with Gasteiger partial charge in [0.25, 0.3) is 0 Å². The zero-order valence-electron chi connectivity index (χ0n) is 9.77. The largest absolute Gasteiger partial charge is 0.496 e. The predicted octanol–water partition coefficient (Wildman–Crippen LogP) is 2.29. The number of rotatable bonds is 5. The Kier molecular flexibility index (Phi) is 4.91. The van der Waals surface area contributed by atoms with Crippen LogP contribution in [0.2, 0.25) is 0 Å². The van der Waals surface area contributed by atoms with Crippen LogP contribution in [-0.2, 0) is 4.79 Å². The molecule has 0 aliphatic rings. The smallest absolute Gasteiger partial charge is 0.328 e. The molecule has 1 aromatic rings. The van der Waals surface area contributed by atoms with Crippen LogP contribution in [0.4, 0.5) is 0 Å². The molecule has 0 aromatic heterocycles. The Morgan fingerprint density at radius 1 is 1.17 bits per heavy atom. The summed E-state index contributed by atoms with van der Waals surface area (Å²) in [6.45, 7) is 0. The number of allylic oxidation sites excluding steroid dienone is 1. The van der Waals surface area contributed by atoms with Gasteiger partial charge in [0, 0.05) is 6.08 Å². The van der Waals surface area contributed by atoms with Gasteiger partial charge in [0.15, 0.2) is 5.78 Å². The summed E-state index contributed by atoms with van der Waals surface area (Å²) in [4.78, 5) is 22.2. The van der Waals surface area contributed by atoms with Crippen molar-refractivity contribution in [2.45, 2.75) is 0 Å². The number of benzene rings is 1. The van der Waals surface area contributed by atoms with Crippen LogP contribution in [-0.4, -0.2) is 31.1 Å². The highest BCUT2D eigenvalue weighted by atomic mass is 79.9. The Bertz CT molecular complexity index is 507. The third kappa shape index (κ3) is 3.33. The highest BCUT2D eigenvalue weighted by Crippen LogP contribution is 2.33. The van der Waals surface area contributed by atoms with E-state index in [1.807, 2.05) is 0 Å². The molecule has 0 saturated carbocycles. The molecule has 0 amide bonds. The molecule has 1 rings (SSSR count). The topological polar surface area (TPSA) is 72.8 Å². The summed E-state index contributed by atoms with van der Waals surface area (Å²) >= 11 is 3.27. The minimum Gasteiger partial charge on any atom is -0.496 e. The summed E-state index contributed by atoms with van der Waals surface area (Å²) in [7, 11) is 2.89. The number of carbonyl (C=O) groups is 2. The lowest BCUT2D eigenvalue weighted by Gasteiger charge is -2.10. The van der Waals surface area contributed by atoms with Gasteiger partial charge in [0.1, 0.15) is 11.5 Å². The standard InChI is InChI=1S/C12H11BrO5/c1-17-10-6-8(13)11(18-2)5-7(10)9(14)3-4-12(15)16/h3-6H,1-2H3,(H,15,16)/b4-3+. The van der Waals surface area contributed by atoms with E-state index < -0.39 is 11.8 Å². The molecule has 0 spiro atoms. The van der Waals surface area contributed by atoms with Crippen LogP contribution in [0, 0.1) is 0 Å². The maximum Gasteiger partial charge on any atom is 0.328 e. The molecule has 1 N–H and O–H groups in total. The van der Waals surface area contributed by atoms with Crippen molar-refractivity contribution in [3.8, 4) is 11.5 Å². The number of ether oxygens (including phenoxy) is 2. The molecule has 96 valence electrons. The van der Waals surface area contributed by atoms with Crippen LogP contribution in [0.5, 0.6) is 11.5 Å². The number of carboxylic acids is 1. The summed E-state index contributed by atoms with van der Waals surface area (Å²) in [5.41, 5.74) is 0.232. The fourth-order valence-electron chi connectivity index (χ4n) is 1.29. The number of carbonyl (C=O) groups excluding carboxylic acids is 1. The van der Waals surface area contributed by atoms with Gasteiger partial charge in [-0.2, -0.15) is 0 Å². The number of methoxy groups -OCH3 is 2. The molecule has 0 atom stereocenters. The Morgan fingerprint density at radius 2 is 1.78 bits per heavy atom. The first-order chi connectivity index (χ1) is 8.49. The molecule has 1 aromatic carbocycles. The molecule has 5 nitrogen and oxygen atoms in total. The predicted molar refractivity (Wildman–Crippen MR) is 68.4 cm³/mol. The van der Waals surface area contributed by atoms with Gasteiger partial charge in [-0.15, -0.1) is 0 Å². The van der Waals surface area contributed by atoms with Crippen molar-refractivity contribution in [2.75, 3.05) is 14.2 Å². The van der Waals surface area contributed by atoms with E-state index in [1.165, 1.54) is 20.3 Å². The summed E-state index contributed by atoms with van der Waals surface area (Å²) in [5.74, 6) is -0.864. The van der Waals surface area contributed by atoms with Gasteiger partial charge in [-0.05, 0) is 34.1 Å². The van der Waals surface area contributed by atoms with Crippen molar-refractivity contribution in [1.29, 1.82) is 0 Å². The van der Waals surface area contributed by atoms with E-state index >= 15 is 0 Å². The maximum absolute atomic E-state index is 11.8. The van der Waals surface area contributed by atoms with Crippen molar-refractivity contribution in [1.82, 2.24) is 0 Å². The minimum absolute atomic E-state index is 0.232. The van der Waals surface area contributed by atoms with E-state index in [9.17, 15) is 9.59 Å². The van der Waals surface area contributed by atoms with E-state index in [0.29, 0.717) is 16.0 Å². The number of halogens is 1. The Balaban J connectivity index is 3.21. The highest BCUT2D eigenvalue weighted by molar-refractivity contribution is 9.10. The fraction of sp³-hybridized carbons (Fsp3) is 0.167. The number of hydrogen-bond acceptors (Lipinski definition) is 4. The molecule has 0 unspecified atom stereocenters. The molecular weight excluding hydrogens is 304 g/mol. The van der Waals surface area contributed by atoms with E-state index in [4.69, 9.17) is 14.6 Å². The van der Waals surface area contributed by atoms with Crippen LogP contribution in [0.25, 0.3) is 0 Å². The van der Waals surface area contributed by atoms with Crippen LogP contribution in [0.15, 0.2) is 28.8 Å². The average Bonchev–Trinajstić information content (AvgIpc) is 2.35. The molecule has 6 heteroatoms. The fourth-order valence-corrected chi connectivity index (χ4v) is 1.77. The molecule has 18 heavy (non-hydrogen) atoms. The van der Waals surface area contributed by atoms with Crippen LogP contribution in [0.1, 0.15) is 10.4 Å².